The van der Waals surface area contributed by atoms with Gasteiger partial charge in [-0.15, -0.1) is 0 Å². The fraction of sp³-hybridized carbons (Fsp3) is 0.0625. The molecule has 0 atom stereocenters. The van der Waals surface area contributed by atoms with E-state index >= 15 is 0 Å². The van der Waals surface area contributed by atoms with Gasteiger partial charge >= 0.3 is 0 Å². The fourth-order valence-electron chi connectivity index (χ4n) is 4.53. The highest BCUT2D eigenvalue weighted by Gasteiger charge is 2.14. The standard InChI is InChI=1S/C32H26O/c33-32-21-11-18-27(22-26-16-7-9-19-29(26)24-12-3-1-4-13-24)31(32)23-28-17-8-10-20-30(28)25-14-5-2-6-15-25/h1-21,33H,22-23H2. The van der Waals surface area contributed by atoms with Gasteiger partial charge in [0, 0.05) is 12.0 Å². The number of phenolic OH excluding ortho intramolecular Hbond substituents is 1. The highest BCUT2D eigenvalue weighted by atomic mass is 16.3. The molecule has 33 heavy (non-hydrogen) atoms. The summed E-state index contributed by atoms with van der Waals surface area (Å²) in [5.74, 6) is 0.354. The molecule has 0 fully saturated rings. The predicted molar refractivity (Wildman–Crippen MR) is 137 cm³/mol. The van der Waals surface area contributed by atoms with Crippen LogP contribution in [0.1, 0.15) is 22.3 Å². The van der Waals surface area contributed by atoms with Crippen molar-refractivity contribution in [2.24, 2.45) is 0 Å². The first-order valence-electron chi connectivity index (χ1n) is 11.4. The van der Waals surface area contributed by atoms with Crippen molar-refractivity contribution < 1.29 is 5.11 Å². The number of phenols is 1. The lowest BCUT2D eigenvalue weighted by atomic mass is 9.89. The maximum absolute atomic E-state index is 10.9. The summed E-state index contributed by atoms with van der Waals surface area (Å²) in [5, 5.41) is 10.9. The molecule has 0 aliphatic heterocycles. The van der Waals surface area contributed by atoms with Crippen LogP contribution < -0.4 is 0 Å². The number of rotatable bonds is 6. The fourth-order valence-corrected chi connectivity index (χ4v) is 4.53. The second-order valence-corrected chi connectivity index (χ2v) is 8.31. The van der Waals surface area contributed by atoms with Crippen LogP contribution in [0.3, 0.4) is 0 Å². The van der Waals surface area contributed by atoms with Gasteiger partial charge in [-0.2, -0.15) is 0 Å². The van der Waals surface area contributed by atoms with Crippen LogP contribution in [0.15, 0.2) is 127 Å². The molecule has 0 heterocycles. The maximum atomic E-state index is 10.9. The minimum atomic E-state index is 0.354. The van der Waals surface area contributed by atoms with Crippen LogP contribution in [0.2, 0.25) is 0 Å². The normalized spacial score (nSPS) is 10.8. The smallest absolute Gasteiger partial charge is 0.119 e. The molecule has 5 aromatic carbocycles. The lowest BCUT2D eigenvalue weighted by molar-refractivity contribution is 0.468. The maximum Gasteiger partial charge on any atom is 0.119 e. The minimum absolute atomic E-state index is 0.354. The second-order valence-electron chi connectivity index (χ2n) is 8.31. The Labute approximate surface area is 195 Å². The number of hydrogen-bond acceptors (Lipinski definition) is 1. The lowest BCUT2D eigenvalue weighted by Crippen LogP contribution is -2.00. The molecule has 5 aromatic rings. The van der Waals surface area contributed by atoms with Crippen LogP contribution in [-0.4, -0.2) is 5.11 Å². The Balaban J connectivity index is 1.53. The lowest BCUT2D eigenvalue weighted by Gasteiger charge is -2.16. The summed E-state index contributed by atoms with van der Waals surface area (Å²) in [4.78, 5) is 0. The highest BCUT2D eigenvalue weighted by Crippen LogP contribution is 2.32. The summed E-state index contributed by atoms with van der Waals surface area (Å²) in [6, 6.07) is 43.9. The highest BCUT2D eigenvalue weighted by molar-refractivity contribution is 5.69. The topological polar surface area (TPSA) is 20.2 Å². The Morgan fingerprint density at radius 3 is 1.42 bits per heavy atom. The van der Waals surface area contributed by atoms with Gasteiger partial charge in [0.2, 0.25) is 0 Å². The monoisotopic (exact) mass is 426 g/mol. The van der Waals surface area contributed by atoms with E-state index in [1.807, 2.05) is 18.2 Å². The first kappa shape index (κ1) is 20.8. The third kappa shape index (κ3) is 4.58. The molecule has 160 valence electrons. The van der Waals surface area contributed by atoms with Gasteiger partial charge in [0.25, 0.3) is 0 Å². The minimum Gasteiger partial charge on any atom is -0.508 e. The summed E-state index contributed by atoms with van der Waals surface area (Å²) < 4.78 is 0. The quantitative estimate of drug-likeness (QED) is 0.292. The van der Waals surface area contributed by atoms with Crippen molar-refractivity contribution in [1.29, 1.82) is 0 Å². The summed E-state index contributed by atoms with van der Waals surface area (Å²) in [5.41, 5.74) is 9.46. The van der Waals surface area contributed by atoms with Crippen molar-refractivity contribution in [2.75, 3.05) is 0 Å². The Bertz CT molecular complexity index is 1350. The first-order chi connectivity index (χ1) is 16.3. The molecule has 0 saturated heterocycles. The number of hydrogen-bond donors (Lipinski definition) is 1. The van der Waals surface area contributed by atoms with Crippen molar-refractivity contribution in [2.45, 2.75) is 12.8 Å². The van der Waals surface area contributed by atoms with Gasteiger partial charge in [-0.25, -0.2) is 0 Å². The van der Waals surface area contributed by atoms with Crippen LogP contribution >= 0.6 is 0 Å². The molecule has 0 bridgehead atoms. The van der Waals surface area contributed by atoms with Crippen molar-refractivity contribution in [3.63, 3.8) is 0 Å². The van der Waals surface area contributed by atoms with Gasteiger partial charge in [0.1, 0.15) is 5.75 Å². The van der Waals surface area contributed by atoms with Gasteiger partial charge in [0.05, 0.1) is 0 Å². The zero-order valence-electron chi connectivity index (χ0n) is 18.5. The average Bonchev–Trinajstić information content (AvgIpc) is 2.88. The Kier molecular flexibility index (Phi) is 6.04. The van der Waals surface area contributed by atoms with Crippen LogP contribution in [0.25, 0.3) is 22.3 Å². The number of aromatic hydroxyl groups is 1. The molecular weight excluding hydrogens is 400 g/mol. The molecule has 0 aliphatic carbocycles. The third-order valence-electron chi connectivity index (χ3n) is 6.20. The molecule has 0 amide bonds. The Morgan fingerprint density at radius 2 is 0.848 bits per heavy atom. The molecule has 0 spiro atoms. The SMILES string of the molecule is Oc1cccc(Cc2ccccc2-c2ccccc2)c1Cc1ccccc1-c1ccccc1. The number of benzene rings is 5. The van der Waals surface area contributed by atoms with E-state index in [-0.39, 0.29) is 0 Å². The van der Waals surface area contributed by atoms with Crippen LogP contribution in [-0.2, 0) is 12.8 Å². The molecular formula is C32H26O. The van der Waals surface area contributed by atoms with Gasteiger partial charge in [-0.3, -0.25) is 0 Å². The Morgan fingerprint density at radius 1 is 0.394 bits per heavy atom. The van der Waals surface area contributed by atoms with Gasteiger partial charge < -0.3 is 5.11 Å². The van der Waals surface area contributed by atoms with E-state index in [4.69, 9.17) is 0 Å². The molecule has 1 nitrogen and oxygen atoms in total. The van der Waals surface area contributed by atoms with Crippen molar-refractivity contribution in [1.82, 2.24) is 0 Å². The molecule has 5 rings (SSSR count). The second kappa shape index (κ2) is 9.58. The molecule has 1 heteroatoms. The van der Waals surface area contributed by atoms with Crippen molar-refractivity contribution in [3.8, 4) is 28.0 Å². The van der Waals surface area contributed by atoms with Gasteiger partial charge in [0.15, 0.2) is 0 Å². The zero-order chi connectivity index (χ0) is 22.5. The Hall–Kier alpha value is -4.10. The summed E-state index contributed by atoms with van der Waals surface area (Å²) >= 11 is 0. The molecule has 0 aliphatic rings. The third-order valence-corrected chi connectivity index (χ3v) is 6.20. The zero-order valence-corrected chi connectivity index (χ0v) is 18.5. The van der Waals surface area contributed by atoms with E-state index in [1.165, 1.54) is 33.4 Å². The van der Waals surface area contributed by atoms with Crippen LogP contribution in [0, 0.1) is 0 Å². The van der Waals surface area contributed by atoms with E-state index in [2.05, 4.69) is 103 Å². The van der Waals surface area contributed by atoms with Gasteiger partial charge in [-0.05, 0) is 51.4 Å². The molecule has 0 unspecified atom stereocenters. The summed E-state index contributed by atoms with van der Waals surface area (Å²) in [6.45, 7) is 0. The van der Waals surface area contributed by atoms with E-state index in [1.54, 1.807) is 6.07 Å². The van der Waals surface area contributed by atoms with Crippen molar-refractivity contribution in [3.05, 3.63) is 150 Å². The average molecular weight is 427 g/mol. The van der Waals surface area contributed by atoms with Gasteiger partial charge in [-0.1, -0.05) is 121 Å². The molecule has 0 saturated carbocycles. The summed E-state index contributed by atoms with van der Waals surface area (Å²) in [6.07, 6.45) is 1.45. The van der Waals surface area contributed by atoms with Crippen LogP contribution in [0.5, 0.6) is 5.75 Å². The molecule has 0 aromatic heterocycles. The van der Waals surface area contributed by atoms with E-state index in [0.29, 0.717) is 12.2 Å². The van der Waals surface area contributed by atoms with Crippen molar-refractivity contribution >= 4 is 0 Å². The molecule has 1 N–H and O–H groups in total. The van der Waals surface area contributed by atoms with E-state index < -0.39 is 0 Å². The van der Waals surface area contributed by atoms with Crippen LogP contribution in [0.4, 0.5) is 0 Å². The molecule has 0 radical (unpaired) electrons. The first-order valence-corrected chi connectivity index (χ1v) is 11.4. The predicted octanol–water partition coefficient (Wildman–Crippen LogP) is 7.91. The summed E-state index contributed by atoms with van der Waals surface area (Å²) in [7, 11) is 0. The van der Waals surface area contributed by atoms with E-state index in [9.17, 15) is 5.11 Å². The van der Waals surface area contributed by atoms with E-state index in [0.717, 1.165) is 17.5 Å². The largest absolute Gasteiger partial charge is 0.508 e.